The molecule has 0 radical (unpaired) electrons. The Morgan fingerprint density at radius 1 is 1.35 bits per heavy atom. The number of alkyl halides is 1. The van der Waals surface area contributed by atoms with Gasteiger partial charge >= 0.3 is 0 Å². The lowest BCUT2D eigenvalue weighted by molar-refractivity contribution is -0.127. The number of carbonyl (C=O) groups is 1. The Hall–Kier alpha value is -1.89. The summed E-state index contributed by atoms with van der Waals surface area (Å²) in [6.45, 7) is 7.36. The van der Waals surface area contributed by atoms with Gasteiger partial charge < -0.3 is 20.9 Å². The molecule has 4 N–H and O–H groups in total. The van der Waals surface area contributed by atoms with Crippen molar-refractivity contribution in [1.82, 2.24) is 15.1 Å². The van der Waals surface area contributed by atoms with Gasteiger partial charge in [0.2, 0.25) is 5.91 Å². The van der Waals surface area contributed by atoms with E-state index in [4.69, 9.17) is 11.1 Å². The Bertz CT molecular complexity index is 479. The maximum absolute atomic E-state index is 12.0. The Balaban J connectivity index is 2.53. The molecule has 6 nitrogen and oxygen atoms in total. The average Bonchev–Trinajstić information content (AvgIpc) is 2.57. The first-order chi connectivity index (χ1) is 10.8. The molecule has 1 fully saturated rings. The van der Waals surface area contributed by atoms with Gasteiger partial charge in [-0.25, -0.2) is 4.39 Å². The minimum atomic E-state index is -0.634. The van der Waals surface area contributed by atoms with E-state index in [1.807, 2.05) is 25.7 Å². The zero-order valence-corrected chi connectivity index (χ0v) is 14.2. The molecule has 0 spiro atoms. The Kier molecular flexibility index (Phi) is 7.22. The van der Waals surface area contributed by atoms with Gasteiger partial charge in [0, 0.05) is 44.0 Å². The number of amidine groups is 1. The van der Waals surface area contributed by atoms with Crippen LogP contribution in [0.25, 0.3) is 0 Å². The highest BCUT2D eigenvalue weighted by atomic mass is 19.1. The number of amides is 1. The number of nitrogens with one attached hydrogen (secondary N) is 2. The molecule has 1 aliphatic rings. The second-order valence-corrected chi connectivity index (χ2v) is 5.96. The van der Waals surface area contributed by atoms with Crippen LogP contribution in [0.5, 0.6) is 0 Å². The maximum atomic E-state index is 12.0. The van der Waals surface area contributed by atoms with E-state index in [0.717, 1.165) is 12.0 Å². The standard InChI is InChI=1S/C16H28FN5O/c1-4-16(3,19)20-12-13(2)15(18)22-10-8-21(9-11-22)14(23)6-5-7-17/h5-6,12,18,20H,4,7-11,19H2,1-3H3/b6-5+,13-12+,18-15?/t16-/m0/s1. The molecule has 1 saturated heterocycles. The predicted octanol–water partition coefficient (Wildman–Crippen LogP) is 1.21. The van der Waals surface area contributed by atoms with Gasteiger partial charge in [0.1, 0.15) is 12.5 Å². The number of nitrogens with zero attached hydrogens (tertiary/aromatic N) is 2. The second-order valence-electron chi connectivity index (χ2n) is 5.96. The molecule has 0 aromatic carbocycles. The van der Waals surface area contributed by atoms with Gasteiger partial charge in [0.25, 0.3) is 0 Å². The van der Waals surface area contributed by atoms with Crippen molar-refractivity contribution in [3.05, 3.63) is 23.9 Å². The molecule has 1 heterocycles. The van der Waals surface area contributed by atoms with E-state index in [-0.39, 0.29) is 5.91 Å². The molecule has 1 rings (SSSR count). The van der Waals surface area contributed by atoms with Crippen LogP contribution in [0.2, 0.25) is 0 Å². The number of piperazine rings is 1. The predicted molar refractivity (Wildman–Crippen MR) is 90.8 cm³/mol. The Morgan fingerprint density at radius 3 is 2.43 bits per heavy atom. The van der Waals surface area contributed by atoms with Crippen LogP contribution in [0, 0.1) is 5.41 Å². The van der Waals surface area contributed by atoms with E-state index < -0.39 is 12.3 Å². The summed E-state index contributed by atoms with van der Waals surface area (Å²) in [7, 11) is 0. The smallest absolute Gasteiger partial charge is 0.246 e. The van der Waals surface area contributed by atoms with Crippen molar-refractivity contribution in [3.63, 3.8) is 0 Å². The minimum Gasteiger partial charge on any atom is -0.373 e. The Morgan fingerprint density at radius 2 is 1.91 bits per heavy atom. The minimum absolute atomic E-state index is 0.176. The van der Waals surface area contributed by atoms with Gasteiger partial charge in [0.05, 0.1) is 5.66 Å². The van der Waals surface area contributed by atoms with Crippen LogP contribution in [0.15, 0.2) is 23.9 Å². The molecular weight excluding hydrogens is 297 g/mol. The number of halogens is 1. The van der Waals surface area contributed by atoms with E-state index in [0.29, 0.717) is 32.0 Å². The lowest BCUT2D eigenvalue weighted by atomic mass is 10.1. The van der Waals surface area contributed by atoms with Crippen LogP contribution in [-0.4, -0.2) is 60.1 Å². The molecule has 0 saturated carbocycles. The number of rotatable bonds is 6. The number of nitrogens with two attached hydrogens (primary N) is 1. The first-order valence-corrected chi connectivity index (χ1v) is 7.89. The first-order valence-electron chi connectivity index (χ1n) is 7.89. The fourth-order valence-electron chi connectivity index (χ4n) is 2.09. The molecule has 1 amide bonds. The fraction of sp³-hybridized carbons (Fsp3) is 0.625. The van der Waals surface area contributed by atoms with E-state index in [1.54, 1.807) is 11.1 Å². The highest BCUT2D eigenvalue weighted by molar-refractivity contribution is 5.95. The highest BCUT2D eigenvalue weighted by Crippen LogP contribution is 2.09. The van der Waals surface area contributed by atoms with Crippen molar-refractivity contribution in [1.29, 1.82) is 5.41 Å². The van der Waals surface area contributed by atoms with Crippen molar-refractivity contribution in [2.75, 3.05) is 32.9 Å². The molecule has 0 unspecified atom stereocenters. The fourth-order valence-corrected chi connectivity index (χ4v) is 2.09. The van der Waals surface area contributed by atoms with Crippen LogP contribution in [0.3, 0.4) is 0 Å². The normalized spacial score (nSPS) is 18.9. The van der Waals surface area contributed by atoms with Gasteiger partial charge in [-0.15, -0.1) is 0 Å². The zero-order chi connectivity index (χ0) is 17.5. The molecule has 0 bridgehead atoms. The maximum Gasteiger partial charge on any atom is 0.246 e. The zero-order valence-electron chi connectivity index (χ0n) is 14.2. The second kappa shape index (κ2) is 8.67. The molecule has 1 atom stereocenters. The van der Waals surface area contributed by atoms with Crippen molar-refractivity contribution < 1.29 is 9.18 Å². The van der Waals surface area contributed by atoms with Gasteiger partial charge in [-0.1, -0.05) is 6.92 Å². The quantitative estimate of drug-likeness (QED) is 0.297. The van der Waals surface area contributed by atoms with Gasteiger partial charge in [0.15, 0.2) is 0 Å². The summed E-state index contributed by atoms with van der Waals surface area (Å²) in [4.78, 5) is 15.4. The van der Waals surface area contributed by atoms with Crippen molar-refractivity contribution in [3.8, 4) is 0 Å². The lowest BCUT2D eigenvalue weighted by Crippen LogP contribution is -2.51. The molecule has 0 aromatic heterocycles. The third-order valence-electron chi connectivity index (χ3n) is 3.98. The molecule has 7 heteroatoms. The molecule has 0 aliphatic carbocycles. The summed E-state index contributed by atoms with van der Waals surface area (Å²) < 4.78 is 12.0. The SMILES string of the molecule is CC[C@@](C)(N)N/C=C(\C)C(=N)N1CCN(C(=O)/C=C/CF)CC1. The average molecular weight is 325 g/mol. The van der Waals surface area contributed by atoms with Crippen molar-refractivity contribution in [2.45, 2.75) is 32.9 Å². The molecule has 1 aliphatic heterocycles. The summed E-state index contributed by atoms with van der Waals surface area (Å²) in [5.74, 6) is 0.250. The van der Waals surface area contributed by atoms with Crippen LogP contribution >= 0.6 is 0 Å². The lowest BCUT2D eigenvalue weighted by Gasteiger charge is -2.36. The van der Waals surface area contributed by atoms with Crippen LogP contribution in [0.4, 0.5) is 4.39 Å². The third kappa shape index (κ3) is 6.02. The van der Waals surface area contributed by atoms with E-state index in [2.05, 4.69) is 5.32 Å². The number of allylic oxidation sites excluding steroid dienone is 1. The van der Waals surface area contributed by atoms with Gasteiger partial charge in [-0.05, 0) is 26.3 Å². The topological polar surface area (TPSA) is 85.4 Å². The van der Waals surface area contributed by atoms with E-state index in [9.17, 15) is 9.18 Å². The molecular formula is C16H28FN5O. The number of hydrogen-bond acceptors (Lipinski definition) is 4. The van der Waals surface area contributed by atoms with E-state index >= 15 is 0 Å². The molecule has 23 heavy (non-hydrogen) atoms. The summed E-state index contributed by atoms with van der Waals surface area (Å²) in [5.41, 5.74) is 6.32. The third-order valence-corrected chi connectivity index (χ3v) is 3.98. The first kappa shape index (κ1) is 19.2. The van der Waals surface area contributed by atoms with Crippen molar-refractivity contribution >= 4 is 11.7 Å². The van der Waals surface area contributed by atoms with Crippen LogP contribution < -0.4 is 11.1 Å². The number of carbonyl (C=O) groups excluding carboxylic acids is 1. The summed E-state index contributed by atoms with van der Waals surface area (Å²) >= 11 is 0. The Labute approximate surface area is 137 Å². The van der Waals surface area contributed by atoms with Gasteiger partial charge in [-0.3, -0.25) is 10.2 Å². The summed E-state index contributed by atoms with van der Waals surface area (Å²) in [6, 6.07) is 0. The summed E-state index contributed by atoms with van der Waals surface area (Å²) in [5, 5.41) is 11.4. The summed E-state index contributed by atoms with van der Waals surface area (Å²) in [6.07, 6.45) is 5.03. The van der Waals surface area contributed by atoms with Gasteiger partial charge in [-0.2, -0.15) is 0 Å². The molecule has 0 aromatic rings. The molecule has 130 valence electrons. The van der Waals surface area contributed by atoms with Crippen LogP contribution in [0.1, 0.15) is 27.2 Å². The van der Waals surface area contributed by atoms with E-state index in [1.165, 1.54) is 12.2 Å². The largest absolute Gasteiger partial charge is 0.373 e. The van der Waals surface area contributed by atoms with Crippen LogP contribution in [-0.2, 0) is 4.79 Å². The monoisotopic (exact) mass is 325 g/mol. The van der Waals surface area contributed by atoms with Crippen molar-refractivity contribution in [2.24, 2.45) is 5.73 Å². The highest BCUT2D eigenvalue weighted by Gasteiger charge is 2.22. The number of hydrogen-bond donors (Lipinski definition) is 3.